The lowest BCUT2D eigenvalue weighted by Crippen LogP contribution is -2.18. The summed E-state index contributed by atoms with van der Waals surface area (Å²) in [5, 5.41) is 3.42. The van der Waals surface area contributed by atoms with E-state index in [2.05, 4.69) is 24.0 Å². The second-order valence-corrected chi connectivity index (χ2v) is 3.78. The van der Waals surface area contributed by atoms with Crippen LogP contribution >= 0.6 is 0 Å². The third kappa shape index (κ3) is 4.99. The van der Waals surface area contributed by atoms with Gasteiger partial charge >= 0.3 is 0 Å². The van der Waals surface area contributed by atoms with Crippen LogP contribution in [0.25, 0.3) is 0 Å². The zero-order chi connectivity index (χ0) is 11.6. The molecule has 0 spiro atoms. The highest BCUT2D eigenvalue weighted by molar-refractivity contribution is 5.28. The predicted molar refractivity (Wildman–Crippen MR) is 69.0 cm³/mol. The van der Waals surface area contributed by atoms with Gasteiger partial charge in [-0.15, -0.1) is 6.58 Å². The van der Waals surface area contributed by atoms with E-state index in [0.29, 0.717) is 0 Å². The Hall–Kier alpha value is -1.28. The molecule has 0 saturated carbocycles. The van der Waals surface area contributed by atoms with Gasteiger partial charge in [0.2, 0.25) is 0 Å². The summed E-state index contributed by atoms with van der Waals surface area (Å²) in [6.45, 7) is 5.79. The second-order valence-electron chi connectivity index (χ2n) is 3.78. The van der Waals surface area contributed by atoms with E-state index in [1.165, 1.54) is 12.0 Å². The second kappa shape index (κ2) is 7.94. The summed E-state index contributed by atoms with van der Waals surface area (Å²) >= 11 is 0. The lowest BCUT2D eigenvalue weighted by molar-refractivity contribution is 0.414. The van der Waals surface area contributed by atoms with Gasteiger partial charge < -0.3 is 10.1 Å². The summed E-state index contributed by atoms with van der Waals surface area (Å²) in [7, 11) is 1.70. The molecular formula is C14H21NO. The molecule has 0 heterocycles. The van der Waals surface area contributed by atoms with Crippen LogP contribution in [0.4, 0.5) is 0 Å². The van der Waals surface area contributed by atoms with Gasteiger partial charge in [0.15, 0.2) is 0 Å². The zero-order valence-electron chi connectivity index (χ0n) is 10.0. The highest BCUT2D eigenvalue weighted by Crippen LogP contribution is 2.12. The van der Waals surface area contributed by atoms with Crippen molar-refractivity contribution in [2.24, 2.45) is 0 Å². The third-order valence-electron chi connectivity index (χ3n) is 2.49. The molecule has 2 heteroatoms. The fraction of sp³-hybridized carbons (Fsp3) is 0.429. The lowest BCUT2D eigenvalue weighted by Gasteiger charge is -2.05. The number of unbranched alkanes of at least 4 members (excludes halogenated alkanes) is 1. The molecule has 0 unspecified atom stereocenters. The predicted octanol–water partition coefficient (Wildman–Crippen LogP) is 2.79. The van der Waals surface area contributed by atoms with Crippen LogP contribution in [0.15, 0.2) is 36.9 Å². The minimum atomic E-state index is 0.934. The van der Waals surface area contributed by atoms with Crippen molar-refractivity contribution in [3.63, 3.8) is 0 Å². The van der Waals surface area contributed by atoms with Crippen LogP contribution in [0.3, 0.4) is 0 Å². The van der Waals surface area contributed by atoms with E-state index in [1.807, 2.05) is 18.2 Å². The van der Waals surface area contributed by atoms with Gasteiger partial charge in [0.25, 0.3) is 0 Å². The molecule has 0 amide bonds. The van der Waals surface area contributed by atoms with Crippen LogP contribution in [0, 0.1) is 0 Å². The van der Waals surface area contributed by atoms with Crippen LogP contribution in [0.2, 0.25) is 0 Å². The molecule has 0 aliphatic heterocycles. The standard InChI is InChI=1S/C14H21NO/c1-3-4-5-10-15-11-9-13-7-6-8-14(12-13)16-2/h3,6-8,12,15H,1,4-5,9-11H2,2H3. The van der Waals surface area contributed by atoms with Crippen molar-refractivity contribution in [3.8, 4) is 5.75 Å². The maximum Gasteiger partial charge on any atom is 0.119 e. The van der Waals surface area contributed by atoms with Gasteiger partial charge in [0, 0.05) is 0 Å². The number of methoxy groups -OCH3 is 1. The number of hydrogen-bond acceptors (Lipinski definition) is 2. The fourth-order valence-electron chi connectivity index (χ4n) is 1.56. The number of ether oxygens (including phenoxy) is 1. The highest BCUT2D eigenvalue weighted by atomic mass is 16.5. The average molecular weight is 219 g/mol. The molecule has 0 aromatic heterocycles. The molecule has 0 radical (unpaired) electrons. The maximum atomic E-state index is 5.18. The van der Waals surface area contributed by atoms with Crippen molar-refractivity contribution in [1.29, 1.82) is 0 Å². The number of rotatable bonds is 8. The Morgan fingerprint density at radius 2 is 2.25 bits per heavy atom. The van der Waals surface area contributed by atoms with Gasteiger partial charge in [-0.25, -0.2) is 0 Å². The SMILES string of the molecule is C=CCCCNCCc1cccc(OC)c1. The molecule has 0 aliphatic carbocycles. The highest BCUT2D eigenvalue weighted by Gasteiger charge is 1.95. The molecule has 1 rings (SSSR count). The van der Waals surface area contributed by atoms with Crippen LogP contribution < -0.4 is 10.1 Å². The molecular weight excluding hydrogens is 198 g/mol. The summed E-state index contributed by atoms with van der Waals surface area (Å²) in [6, 6.07) is 8.23. The lowest BCUT2D eigenvalue weighted by atomic mass is 10.1. The average Bonchev–Trinajstić information content (AvgIpc) is 2.34. The van der Waals surface area contributed by atoms with Crippen molar-refractivity contribution >= 4 is 0 Å². The Morgan fingerprint density at radius 3 is 3.00 bits per heavy atom. The van der Waals surface area contributed by atoms with Gasteiger partial charge in [-0.05, 0) is 50.0 Å². The molecule has 1 aromatic rings. The van der Waals surface area contributed by atoms with Gasteiger partial charge in [0.1, 0.15) is 5.75 Å². The third-order valence-corrected chi connectivity index (χ3v) is 2.49. The zero-order valence-corrected chi connectivity index (χ0v) is 10.0. The fourth-order valence-corrected chi connectivity index (χ4v) is 1.56. The molecule has 2 nitrogen and oxygen atoms in total. The van der Waals surface area contributed by atoms with Crippen LogP contribution in [0.1, 0.15) is 18.4 Å². The first-order valence-corrected chi connectivity index (χ1v) is 5.81. The summed E-state index contributed by atoms with van der Waals surface area (Å²) in [4.78, 5) is 0. The number of allylic oxidation sites excluding steroid dienone is 1. The minimum Gasteiger partial charge on any atom is -0.497 e. The molecule has 16 heavy (non-hydrogen) atoms. The largest absolute Gasteiger partial charge is 0.497 e. The van der Waals surface area contributed by atoms with E-state index in [9.17, 15) is 0 Å². The van der Waals surface area contributed by atoms with Crippen molar-refractivity contribution in [1.82, 2.24) is 5.32 Å². The Labute approximate surface area is 98.3 Å². The van der Waals surface area contributed by atoms with Gasteiger partial charge in [-0.2, -0.15) is 0 Å². The molecule has 0 atom stereocenters. The van der Waals surface area contributed by atoms with E-state index in [0.717, 1.165) is 31.7 Å². The first-order valence-electron chi connectivity index (χ1n) is 5.81. The van der Waals surface area contributed by atoms with E-state index in [-0.39, 0.29) is 0 Å². The van der Waals surface area contributed by atoms with E-state index in [1.54, 1.807) is 7.11 Å². The topological polar surface area (TPSA) is 21.3 Å². The van der Waals surface area contributed by atoms with Crippen molar-refractivity contribution in [2.75, 3.05) is 20.2 Å². The van der Waals surface area contributed by atoms with Crippen LogP contribution in [0.5, 0.6) is 5.75 Å². The first kappa shape index (κ1) is 12.8. The Morgan fingerprint density at radius 1 is 1.38 bits per heavy atom. The number of hydrogen-bond donors (Lipinski definition) is 1. The Bertz CT molecular complexity index is 309. The monoisotopic (exact) mass is 219 g/mol. The maximum absolute atomic E-state index is 5.18. The molecule has 1 N–H and O–H groups in total. The van der Waals surface area contributed by atoms with Gasteiger partial charge in [0.05, 0.1) is 7.11 Å². The summed E-state index contributed by atoms with van der Waals surface area (Å²) in [5.41, 5.74) is 1.32. The normalized spacial score (nSPS) is 10.1. The summed E-state index contributed by atoms with van der Waals surface area (Å²) in [5.74, 6) is 0.934. The summed E-state index contributed by atoms with van der Waals surface area (Å²) < 4.78 is 5.18. The van der Waals surface area contributed by atoms with Crippen molar-refractivity contribution in [2.45, 2.75) is 19.3 Å². The van der Waals surface area contributed by atoms with Crippen molar-refractivity contribution in [3.05, 3.63) is 42.5 Å². The molecule has 0 saturated heterocycles. The van der Waals surface area contributed by atoms with Gasteiger partial charge in [-0.3, -0.25) is 0 Å². The summed E-state index contributed by atoms with van der Waals surface area (Å²) in [6.07, 6.45) is 5.27. The quantitative estimate of drug-likeness (QED) is 0.536. The van der Waals surface area contributed by atoms with E-state index < -0.39 is 0 Å². The molecule has 1 aromatic carbocycles. The molecule has 88 valence electrons. The minimum absolute atomic E-state index is 0.934. The molecule has 0 fully saturated rings. The van der Waals surface area contributed by atoms with Crippen molar-refractivity contribution < 1.29 is 4.74 Å². The van der Waals surface area contributed by atoms with Gasteiger partial charge in [-0.1, -0.05) is 18.2 Å². The van der Waals surface area contributed by atoms with E-state index >= 15 is 0 Å². The smallest absolute Gasteiger partial charge is 0.119 e. The molecule has 0 bridgehead atoms. The first-order chi connectivity index (χ1) is 7.86. The van der Waals surface area contributed by atoms with Crippen LogP contribution in [-0.2, 0) is 6.42 Å². The molecule has 0 aliphatic rings. The number of nitrogens with one attached hydrogen (secondary N) is 1. The Balaban J connectivity index is 2.18. The van der Waals surface area contributed by atoms with E-state index in [4.69, 9.17) is 4.74 Å². The number of benzene rings is 1. The van der Waals surface area contributed by atoms with Crippen LogP contribution in [-0.4, -0.2) is 20.2 Å². The Kier molecular flexibility index (Phi) is 6.35.